The van der Waals surface area contributed by atoms with Crippen molar-refractivity contribution in [1.29, 1.82) is 0 Å². The first-order valence-corrected chi connectivity index (χ1v) is 16.1. The van der Waals surface area contributed by atoms with E-state index < -0.39 is 29.3 Å². The maximum atomic E-state index is 14.5. The van der Waals surface area contributed by atoms with Gasteiger partial charge in [-0.3, -0.25) is 10.2 Å². The van der Waals surface area contributed by atoms with Gasteiger partial charge < -0.3 is 14.6 Å². The lowest BCUT2D eigenvalue weighted by Crippen LogP contribution is -2.53. The molecule has 0 fully saturated rings. The molecule has 49 heavy (non-hydrogen) atoms. The van der Waals surface area contributed by atoms with Crippen molar-refractivity contribution in [1.82, 2.24) is 10.9 Å². The van der Waals surface area contributed by atoms with E-state index >= 15 is 0 Å². The molecule has 0 aliphatic carbocycles. The van der Waals surface area contributed by atoms with Crippen molar-refractivity contribution in [2.75, 3.05) is 13.2 Å². The molecule has 1 aliphatic rings. The van der Waals surface area contributed by atoms with Gasteiger partial charge in [0.2, 0.25) is 5.90 Å². The van der Waals surface area contributed by atoms with Crippen LogP contribution in [0.15, 0.2) is 112 Å². The standard InChI is InChI=1S/C35H32BrF3N6O4/c36-29-13-9-24(10-14-29)31-34(20-26-6-1-2-7-27(26)22-42-45-40,33(47)44-41-21-23-5-3-8-28(19-23)35(37,38)39)43-32(49-31)25-11-15-30(16-12-25)48-18-4-17-46/h1-3,5-16,19,31,41,46H,4,17-18,20-22H2,(H,44,47)/t31-,34-/m0/s1. The number of aliphatic imine (C=N–C) groups is 1. The average Bonchev–Trinajstić information content (AvgIpc) is 3.48. The molecule has 1 heterocycles. The third-order valence-electron chi connectivity index (χ3n) is 7.83. The number of hydrogen-bond donors (Lipinski definition) is 3. The van der Waals surface area contributed by atoms with Crippen molar-refractivity contribution >= 4 is 27.7 Å². The maximum absolute atomic E-state index is 14.5. The molecule has 14 heteroatoms. The van der Waals surface area contributed by atoms with Crippen LogP contribution in [0.4, 0.5) is 13.2 Å². The van der Waals surface area contributed by atoms with Crippen molar-refractivity contribution in [3.8, 4) is 5.75 Å². The van der Waals surface area contributed by atoms with Gasteiger partial charge in [-0.05, 0) is 70.2 Å². The Morgan fingerprint density at radius 1 is 1.04 bits per heavy atom. The van der Waals surface area contributed by atoms with Gasteiger partial charge in [0.25, 0.3) is 5.91 Å². The number of nitrogens with zero attached hydrogens (tertiary/aromatic N) is 4. The number of alkyl halides is 3. The number of carbonyl (C=O) groups excluding carboxylic acids is 1. The first kappa shape index (κ1) is 35.4. The number of halogens is 4. The smallest absolute Gasteiger partial charge is 0.416 e. The van der Waals surface area contributed by atoms with Crippen LogP contribution in [0.1, 0.15) is 45.9 Å². The summed E-state index contributed by atoms with van der Waals surface area (Å²) in [7, 11) is 0. The van der Waals surface area contributed by atoms with Crippen molar-refractivity contribution in [3.05, 3.63) is 145 Å². The number of azide groups is 1. The fraction of sp³-hybridized carbons (Fsp3) is 0.257. The molecular formula is C35H32BrF3N6O4. The van der Waals surface area contributed by atoms with E-state index in [9.17, 15) is 18.0 Å². The number of ether oxygens (including phenoxy) is 2. The minimum atomic E-state index is -4.51. The number of carbonyl (C=O) groups is 1. The van der Waals surface area contributed by atoms with Gasteiger partial charge in [-0.1, -0.05) is 75.6 Å². The Bertz CT molecular complexity index is 1830. The molecule has 4 aromatic rings. The van der Waals surface area contributed by atoms with Crippen LogP contribution in [0.25, 0.3) is 10.4 Å². The number of hydrogen-bond acceptors (Lipinski definition) is 7. The van der Waals surface area contributed by atoms with Crippen molar-refractivity contribution in [3.63, 3.8) is 0 Å². The molecule has 0 spiro atoms. The molecule has 4 aromatic carbocycles. The molecule has 0 aromatic heterocycles. The van der Waals surface area contributed by atoms with Gasteiger partial charge in [0.1, 0.15) is 5.75 Å². The van der Waals surface area contributed by atoms with E-state index in [1.165, 1.54) is 12.1 Å². The van der Waals surface area contributed by atoms with E-state index in [1.54, 1.807) is 42.5 Å². The van der Waals surface area contributed by atoms with Crippen LogP contribution < -0.4 is 15.6 Å². The summed E-state index contributed by atoms with van der Waals surface area (Å²) in [6.07, 6.45) is -4.96. The summed E-state index contributed by atoms with van der Waals surface area (Å²) in [4.78, 5) is 22.3. The maximum Gasteiger partial charge on any atom is 0.416 e. The highest BCUT2D eigenvalue weighted by Crippen LogP contribution is 2.43. The van der Waals surface area contributed by atoms with Gasteiger partial charge in [-0.25, -0.2) is 10.4 Å². The van der Waals surface area contributed by atoms with Gasteiger partial charge in [0.15, 0.2) is 11.6 Å². The van der Waals surface area contributed by atoms with Gasteiger partial charge >= 0.3 is 6.18 Å². The molecule has 0 unspecified atom stereocenters. The molecule has 10 nitrogen and oxygen atoms in total. The second-order valence-corrected chi connectivity index (χ2v) is 12.1. The first-order chi connectivity index (χ1) is 23.6. The molecule has 1 aliphatic heterocycles. The Labute approximate surface area is 288 Å². The number of rotatable bonds is 14. The first-order valence-electron chi connectivity index (χ1n) is 15.3. The Balaban J connectivity index is 1.54. The molecule has 3 N–H and O–H groups in total. The molecule has 0 saturated carbocycles. The normalized spacial score (nSPS) is 17.1. The number of nitrogens with one attached hydrogen (secondary N) is 2. The van der Waals surface area contributed by atoms with Crippen LogP contribution in [-0.4, -0.2) is 35.7 Å². The summed E-state index contributed by atoms with van der Waals surface area (Å²) in [5.74, 6) is 0.176. The highest BCUT2D eigenvalue weighted by atomic mass is 79.9. The summed E-state index contributed by atoms with van der Waals surface area (Å²) in [5.41, 5.74) is 14.9. The second-order valence-electron chi connectivity index (χ2n) is 11.2. The topological polar surface area (TPSA) is 141 Å². The van der Waals surface area contributed by atoms with Crippen LogP contribution >= 0.6 is 15.9 Å². The summed E-state index contributed by atoms with van der Waals surface area (Å²) < 4.78 is 53.0. The molecule has 0 radical (unpaired) electrons. The fourth-order valence-electron chi connectivity index (χ4n) is 5.39. The zero-order valence-corrected chi connectivity index (χ0v) is 27.6. The van der Waals surface area contributed by atoms with E-state index in [1.807, 2.05) is 30.3 Å². The lowest BCUT2D eigenvalue weighted by molar-refractivity contribution is -0.137. The third-order valence-corrected chi connectivity index (χ3v) is 8.36. The zero-order chi connectivity index (χ0) is 34.9. The molecule has 5 rings (SSSR count). The third kappa shape index (κ3) is 8.78. The summed E-state index contributed by atoms with van der Waals surface area (Å²) in [6, 6.07) is 26.3. The Morgan fingerprint density at radius 3 is 2.47 bits per heavy atom. The Morgan fingerprint density at radius 2 is 1.78 bits per heavy atom. The average molecular weight is 738 g/mol. The van der Waals surface area contributed by atoms with Gasteiger partial charge in [0.05, 0.1) is 18.7 Å². The van der Waals surface area contributed by atoms with Gasteiger partial charge in [0, 0.05) is 40.9 Å². The number of amides is 1. The van der Waals surface area contributed by atoms with Gasteiger partial charge in [-0.2, -0.15) is 13.2 Å². The Kier molecular flexibility index (Phi) is 11.6. The van der Waals surface area contributed by atoms with Crippen molar-refractivity contribution < 1.29 is 32.5 Å². The van der Waals surface area contributed by atoms with Crippen molar-refractivity contribution in [2.24, 2.45) is 10.1 Å². The predicted octanol–water partition coefficient (Wildman–Crippen LogP) is 7.36. The minimum Gasteiger partial charge on any atom is -0.494 e. The highest BCUT2D eigenvalue weighted by molar-refractivity contribution is 9.10. The van der Waals surface area contributed by atoms with Crippen LogP contribution in [0.3, 0.4) is 0 Å². The van der Waals surface area contributed by atoms with Gasteiger partial charge in [-0.15, -0.1) is 0 Å². The van der Waals surface area contributed by atoms with E-state index in [-0.39, 0.29) is 32.0 Å². The highest BCUT2D eigenvalue weighted by Gasteiger charge is 2.53. The molecule has 254 valence electrons. The lowest BCUT2D eigenvalue weighted by atomic mass is 9.81. The molecule has 1 amide bonds. The van der Waals surface area contributed by atoms with Crippen LogP contribution in [0.2, 0.25) is 0 Å². The van der Waals surface area contributed by atoms with E-state index in [0.29, 0.717) is 46.6 Å². The summed E-state index contributed by atoms with van der Waals surface area (Å²) >= 11 is 3.46. The second kappa shape index (κ2) is 16.0. The van der Waals surface area contributed by atoms with Crippen LogP contribution in [-0.2, 0) is 35.2 Å². The SMILES string of the molecule is [N-]=[N+]=NCc1ccccc1C[C@]1(C(=O)NNCc2cccc(C(F)(F)F)c2)N=C(c2ccc(OCCCO)cc2)O[C@H]1c1ccc(Br)cc1. The van der Waals surface area contributed by atoms with Crippen LogP contribution in [0, 0.1) is 0 Å². The van der Waals surface area contributed by atoms with E-state index in [2.05, 4.69) is 36.8 Å². The molecule has 0 saturated heterocycles. The number of hydrazine groups is 1. The molecular weight excluding hydrogens is 705 g/mol. The van der Waals surface area contributed by atoms with Crippen LogP contribution in [0.5, 0.6) is 5.75 Å². The fourth-order valence-corrected chi connectivity index (χ4v) is 5.66. The number of aliphatic hydroxyl groups is 1. The minimum absolute atomic E-state index is 0.00507. The number of benzene rings is 4. The Hall–Kier alpha value is -4.88. The number of aliphatic hydroxyl groups excluding tert-OH is 1. The predicted molar refractivity (Wildman–Crippen MR) is 180 cm³/mol. The largest absolute Gasteiger partial charge is 0.494 e. The quantitative estimate of drug-likeness (QED) is 0.0408. The zero-order valence-electron chi connectivity index (χ0n) is 26.0. The monoisotopic (exact) mass is 736 g/mol. The molecule has 2 atom stereocenters. The van der Waals surface area contributed by atoms with E-state index in [4.69, 9.17) is 25.1 Å². The van der Waals surface area contributed by atoms with Crippen molar-refractivity contribution in [2.45, 2.75) is 43.8 Å². The summed E-state index contributed by atoms with van der Waals surface area (Å²) in [5, 5.41) is 12.8. The lowest BCUT2D eigenvalue weighted by Gasteiger charge is -2.31. The van der Waals surface area contributed by atoms with E-state index in [0.717, 1.165) is 16.6 Å². The summed E-state index contributed by atoms with van der Waals surface area (Å²) in [6.45, 7) is 0.281. The molecule has 0 bridgehead atoms.